The Balaban J connectivity index is 2.32. The molecule has 0 aromatic heterocycles. The summed E-state index contributed by atoms with van der Waals surface area (Å²) in [6.07, 6.45) is 3.73. The second-order valence-electron chi connectivity index (χ2n) is 5.93. The molecule has 2 fully saturated rings. The number of nitrogens with zero attached hydrogens (tertiary/aromatic N) is 1. The van der Waals surface area contributed by atoms with Gasteiger partial charge in [-0.15, -0.1) is 0 Å². The van der Waals surface area contributed by atoms with Crippen molar-refractivity contribution in [3.63, 3.8) is 0 Å². The van der Waals surface area contributed by atoms with E-state index in [1.54, 1.807) is 11.0 Å². The van der Waals surface area contributed by atoms with Gasteiger partial charge >= 0.3 is 0 Å². The lowest BCUT2D eigenvalue weighted by molar-refractivity contribution is -0.158. The van der Waals surface area contributed by atoms with Gasteiger partial charge in [-0.1, -0.05) is 31.5 Å². The van der Waals surface area contributed by atoms with Crippen LogP contribution in [0.5, 0.6) is 0 Å². The molecule has 2 unspecified atom stereocenters. The topological polar surface area (TPSA) is 49.4 Å². The second kappa shape index (κ2) is 5.16. The maximum Gasteiger partial charge on any atom is 0.246 e. The van der Waals surface area contributed by atoms with Crippen LogP contribution < -0.4 is 5.32 Å². The lowest BCUT2D eigenvalue weighted by Gasteiger charge is -2.47. The second-order valence-corrected chi connectivity index (χ2v) is 6.18. The van der Waals surface area contributed by atoms with Crippen molar-refractivity contribution in [2.24, 2.45) is 11.8 Å². The third kappa shape index (κ3) is 2.38. The molecular formula is C14H21ClN2O2. The number of carbonyl (C=O) groups excluding carboxylic acids is 2. The zero-order chi connectivity index (χ0) is 14.2. The number of amides is 2. The molecule has 2 atom stereocenters. The van der Waals surface area contributed by atoms with Crippen LogP contribution in [-0.2, 0) is 9.59 Å². The Morgan fingerprint density at radius 3 is 2.58 bits per heavy atom. The summed E-state index contributed by atoms with van der Waals surface area (Å²) in [4.78, 5) is 26.8. The van der Waals surface area contributed by atoms with E-state index in [1.165, 1.54) is 5.54 Å². The van der Waals surface area contributed by atoms with Crippen molar-refractivity contribution >= 4 is 23.4 Å². The van der Waals surface area contributed by atoms with Crippen LogP contribution in [0.2, 0.25) is 0 Å². The molecule has 0 aromatic rings. The summed E-state index contributed by atoms with van der Waals surface area (Å²) in [5, 5.41) is 2.90. The Morgan fingerprint density at radius 2 is 2.11 bits per heavy atom. The average molecular weight is 285 g/mol. The van der Waals surface area contributed by atoms with E-state index in [2.05, 4.69) is 5.32 Å². The van der Waals surface area contributed by atoms with Gasteiger partial charge in [-0.3, -0.25) is 9.59 Å². The van der Waals surface area contributed by atoms with E-state index >= 15 is 0 Å². The monoisotopic (exact) mass is 284 g/mol. The van der Waals surface area contributed by atoms with Crippen molar-refractivity contribution in [1.29, 1.82) is 0 Å². The maximum absolute atomic E-state index is 12.6. The van der Waals surface area contributed by atoms with Crippen LogP contribution in [0.4, 0.5) is 0 Å². The van der Waals surface area contributed by atoms with Crippen LogP contribution in [0, 0.1) is 11.8 Å². The summed E-state index contributed by atoms with van der Waals surface area (Å²) in [6.45, 7) is 6.15. The summed E-state index contributed by atoms with van der Waals surface area (Å²) in [7, 11) is 0. The molecular weight excluding hydrogens is 264 g/mol. The van der Waals surface area contributed by atoms with Crippen molar-refractivity contribution in [1.82, 2.24) is 10.2 Å². The summed E-state index contributed by atoms with van der Waals surface area (Å²) in [5.74, 6) is 0.325. The lowest BCUT2D eigenvalue weighted by Crippen LogP contribution is -2.71. The zero-order valence-electron chi connectivity index (χ0n) is 11.6. The van der Waals surface area contributed by atoms with Crippen LogP contribution in [0.3, 0.4) is 0 Å². The molecule has 2 aliphatic rings. The Labute approximate surface area is 119 Å². The number of piperazine rings is 1. The standard InChI is InChI=1S/C14H21ClN2O2/c1-9(2)11-12(18)17(8-4-7-15)14(3,10-5-6-10)13(19)16-11/h4,7,9-11H,5-6,8H2,1-3H3,(H,16,19)/b7-4+. The molecule has 0 radical (unpaired) electrons. The van der Waals surface area contributed by atoms with Crippen LogP contribution >= 0.6 is 11.6 Å². The molecule has 1 N–H and O–H groups in total. The first-order valence-corrected chi connectivity index (χ1v) is 7.24. The molecule has 1 heterocycles. The molecule has 1 saturated carbocycles. The van der Waals surface area contributed by atoms with Gasteiger partial charge in [-0.25, -0.2) is 0 Å². The normalized spacial score (nSPS) is 32.3. The third-order valence-electron chi connectivity index (χ3n) is 4.26. The highest BCUT2D eigenvalue weighted by Crippen LogP contribution is 2.45. The molecule has 1 aliphatic carbocycles. The fourth-order valence-electron chi connectivity index (χ4n) is 2.80. The molecule has 1 saturated heterocycles. The Kier molecular flexibility index (Phi) is 3.90. The molecule has 4 nitrogen and oxygen atoms in total. The van der Waals surface area contributed by atoms with Gasteiger partial charge in [0.2, 0.25) is 11.8 Å². The van der Waals surface area contributed by atoms with Crippen LogP contribution in [0.25, 0.3) is 0 Å². The molecule has 19 heavy (non-hydrogen) atoms. The van der Waals surface area contributed by atoms with Gasteiger partial charge in [0, 0.05) is 12.1 Å². The van der Waals surface area contributed by atoms with Gasteiger partial charge in [0.25, 0.3) is 0 Å². The van der Waals surface area contributed by atoms with Crippen molar-refractivity contribution in [2.45, 2.75) is 45.2 Å². The van der Waals surface area contributed by atoms with Crippen molar-refractivity contribution in [3.05, 3.63) is 11.6 Å². The molecule has 2 amide bonds. The minimum absolute atomic E-state index is 0.00114. The summed E-state index contributed by atoms with van der Waals surface area (Å²) in [5.41, 5.74) is 0.677. The van der Waals surface area contributed by atoms with Gasteiger partial charge in [-0.05, 0) is 31.6 Å². The number of hydrogen-bond donors (Lipinski definition) is 1. The molecule has 5 heteroatoms. The highest BCUT2D eigenvalue weighted by molar-refractivity contribution is 6.25. The maximum atomic E-state index is 12.6. The molecule has 2 rings (SSSR count). The number of halogens is 1. The zero-order valence-corrected chi connectivity index (χ0v) is 12.4. The summed E-state index contributed by atoms with van der Waals surface area (Å²) >= 11 is 5.57. The summed E-state index contributed by atoms with van der Waals surface area (Å²) in [6, 6.07) is -0.428. The quantitative estimate of drug-likeness (QED) is 0.857. The third-order valence-corrected chi connectivity index (χ3v) is 4.43. The van der Waals surface area contributed by atoms with Crippen molar-refractivity contribution in [2.75, 3.05) is 6.54 Å². The SMILES string of the molecule is CC(C)C1NC(=O)C(C)(C2CC2)N(C/C=C/Cl)C1=O. The number of hydrogen-bond acceptors (Lipinski definition) is 2. The largest absolute Gasteiger partial charge is 0.342 e. The average Bonchev–Trinajstić information content (AvgIpc) is 3.17. The van der Waals surface area contributed by atoms with Gasteiger partial charge < -0.3 is 10.2 Å². The van der Waals surface area contributed by atoms with Crippen molar-refractivity contribution < 1.29 is 9.59 Å². The van der Waals surface area contributed by atoms with E-state index in [0.29, 0.717) is 6.54 Å². The first-order valence-electron chi connectivity index (χ1n) is 6.80. The predicted octanol–water partition coefficient (Wildman–Crippen LogP) is 1.89. The van der Waals surface area contributed by atoms with Crippen molar-refractivity contribution in [3.8, 4) is 0 Å². The number of rotatable bonds is 4. The smallest absolute Gasteiger partial charge is 0.246 e. The summed E-state index contributed by atoms with van der Waals surface area (Å²) < 4.78 is 0. The van der Waals surface area contributed by atoms with E-state index < -0.39 is 11.6 Å². The molecule has 106 valence electrons. The Morgan fingerprint density at radius 1 is 1.47 bits per heavy atom. The number of carbonyl (C=O) groups is 2. The van der Waals surface area contributed by atoms with E-state index in [1.807, 2.05) is 20.8 Å². The molecule has 0 aromatic carbocycles. The van der Waals surface area contributed by atoms with E-state index in [4.69, 9.17) is 11.6 Å². The lowest BCUT2D eigenvalue weighted by atomic mass is 9.86. The minimum Gasteiger partial charge on any atom is -0.342 e. The first-order chi connectivity index (χ1) is 8.92. The Hall–Kier alpha value is -1.03. The minimum atomic E-state index is -0.723. The molecule has 0 bridgehead atoms. The van der Waals surface area contributed by atoms with E-state index in [-0.39, 0.29) is 23.7 Å². The van der Waals surface area contributed by atoms with Gasteiger partial charge in [-0.2, -0.15) is 0 Å². The Bertz CT molecular complexity index is 418. The molecule has 1 aliphatic heterocycles. The van der Waals surface area contributed by atoms with Gasteiger partial charge in [0.1, 0.15) is 11.6 Å². The first kappa shape index (κ1) is 14.4. The van der Waals surface area contributed by atoms with Crippen LogP contribution in [0.1, 0.15) is 33.6 Å². The van der Waals surface area contributed by atoms with E-state index in [9.17, 15) is 9.59 Å². The molecule has 0 spiro atoms. The van der Waals surface area contributed by atoms with E-state index in [0.717, 1.165) is 12.8 Å². The fraction of sp³-hybridized carbons (Fsp3) is 0.714. The van der Waals surface area contributed by atoms with Crippen LogP contribution in [-0.4, -0.2) is 34.8 Å². The highest BCUT2D eigenvalue weighted by Gasteiger charge is 2.56. The van der Waals surface area contributed by atoms with Gasteiger partial charge in [0.15, 0.2) is 0 Å². The highest BCUT2D eigenvalue weighted by atomic mass is 35.5. The fourth-order valence-corrected chi connectivity index (χ4v) is 2.88. The van der Waals surface area contributed by atoms with Crippen LogP contribution in [0.15, 0.2) is 11.6 Å². The van der Waals surface area contributed by atoms with Gasteiger partial charge in [0.05, 0.1) is 0 Å². The predicted molar refractivity (Wildman–Crippen MR) is 74.6 cm³/mol. The number of nitrogens with one attached hydrogen (secondary N) is 1.